The van der Waals surface area contributed by atoms with Gasteiger partial charge in [0.1, 0.15) is 5.60 Å². The third kappa shape index (κ3) is 5.70. The van der Waals surface area contributed by atoms with E-state index in [4.69, 9.17) is 4.74 Å². The molecule has 1 aromatic heterocycles. The fourth-order valence-corrected chi connectivity index (χ4v) is 6.94. The second kappa shape index (κ2) is 10.8. The van der Waals surface area contributed by atoms with E-state index in [1.165, 1.54) is 12.1 Å². The van der Waals surface area contributed by atoms with Crippen molar-refractivity contribution < 1.29 is 31.9 Å². The number of carbonyl (C=O) groups is 3. The van der Waals surface area contributed by atoms with E-state index in [1.54, 1.807) is 57.2 Å². The number of hydrogen-bond donors (Lipinski definition) is 1. The number of nitrogens with zero attached hydrogens (tertiary/aromatic N) is 2. The second-order valence-electron chi connectivity index (χ2n) is 9.86. The molecule has 0 fully saturated rings. The van der Waals surface area contributed by atoms with Gasteiger partial charge in [0.25, 0.3) is 11.8 Å². The summed E-state index contributed by atoms with van der Waals surface area (Å²) in [5.74, 6) is -1.49. The van der Waals surface area contributed by atoms with E-state index >= 15 is 4.39 Å². The zero-order valence-corrected chi connectivity index (χ0v) is 22.8. The van der Waals surface area contributed by atoms with Crippen molar-refractivity contribution in [2.75, 3.05) is 6.54 Å². The highest BCUT2D eigenvalue weighted by molar-refractivity contribution is 7.94. The number of aromatic nitrogens is 1. The SMILES string of the molecule is CC(C)(C)OC(=O)NCCCCC(C(F)S(=O)(=O)c1nc2ccccc2s1)N1C(=O)c2ccccc2C1=O. The molecular formula is C26H28FN3O6S2. The van der Waals surface area contributed by atoms with Crippen LogP contribution in [0, 0.1) is 0 Å². The highest BCUT2D eigenvalue weighted by atomic mass is 32.2. The Morgan fingerprint density at radius 1 is 1.05 bits per heavy atom. The van der Waals surface area contributed by atoms with E-state index in [1.807, 2.05) is 0 Å². The lowest BCUT2D eigenvalue weighted by Crippen LogP contribution is -2.48. The molecule has 2 atom stereocenters. The quantitative estimate of drug-likeness (QED) is 0.296. The number of carbonyl (C=O) groups excluding carboxylic acids is 3. The first-order valence-electron chi connectivity index (χ1n) is 12.1. The maximum Gasteiger partial charge on any atom is 0.407 e. The summed E-state index contributed by atoms with van der Waals surface area (Å²) in [5, 5.41) is 2.59. The fourth-order valence-electron chi connectivity index (χ4n) is 4.15. The Kier molecular flexibility index (Phi) is 7.84. The van der Waals surface area contributed by atoms with Crippen LogP contribution in [0.1, 0.15) is 60.7 Å². The number of halogens is 1. The number of fused-ring (bicyclic) bond motifs is 2. The standard InChI is InChI=1S/C26H28FN3O6S2/c1-26(2,3)36-24(33)28-15-9-8-13-19(30-22(31)16-10-4-5-11-17(16)23(30)32)21(27)38(34,35)25-29-18-12-6-7-14-20(18)37-25/h4-7,10-12,14,19,21H,8-9,13,15H2,1-3H3,(H,28,33). The number of para-hydroxylation sites is 1. The van der Waals surface area contributed by atoms with E-state index in [2.05, 4.69) is 10.3 Å². The maximum absolute atomic E-state index is 16.0. The van der Waals surface area contributed by atoms with Gasteiger partial charge in [-0.25, -0.2) is 22.6 Å². The third-order valence-electron chi connectivity index (χ3n) is 5.87. The largest absolute Gasteiger partial charge is 0.444 e. The van der Waals surface area contributed by atoms with Gasteiger partial charge in [-0.2, -0.15) is 0 Å². The van der Waals surface area contributed by atoms with Crippen molar-refractivity contribution in [2.45, 2.75) is 61.5 Å². The summed E-state index contributed by atoms with van der Waals surface area (Å²) in [6, 6.07) is 11.2. The van der Waals surface area contributed by atoms with Gasteiger partial charge >= 0.3 is 6.09 Å². The molecule has 1 N–H and O–H groups in total. The van der Waals surface area contributed by atoms with Crippen LogP contribution < -0.4 is 5.32 Å². The van der Waals surface area contributed by atoms with E-state index in [-0.39, 0.29) is 30.5 Å². The number of alkyl halides is 1. The van der Waals surface area contributed by atoms with E-state index < -0.39 is 49.2 Å². The molecule has 1 aliphatic heterocycles. The highest BCUT2D eigenvalue weighted by Crippen LogP contribution is 2.34. The fraction of sp³-hybridized carbons (Fsp3) is 0.385. The maximum atomic E-state index is 16.0. The molecular weight excluding hydrogens is 533 g/mol. The molecule has 12 heteroatoms. The number of hydrogen-bond acceptors (Lipinski definition) is 8. The van der Waals surface area contributed by atoms with Gasteiger partial charge in [0.15, 0.2) is 0 Å². The summed E-state index contributed by atoms with van der Waals surface area (Å²) < 4.78 is 48.1. The van der Waals surface area contributed by atoms with Gasteiger partial charge in [0, 0.05) is 6.54 Å². The molecule has 1 aliphatic rings. The molecule has 4 rings (SSSR count). The molecule has 2 unspecified atom stereocenters. The number of rotatable bonds is 9. The van der Waals surface area contributed by atoms with Crippen LogP contribution in [0.5, 0.6) is 0 Å². The molecule has 0 radical (unpaired) electrons. The van der Waals surface area contributed by atoms with Gasteiger partial charge in [-0.15, -0.1) is 11.3 Å². The van der Waals surface area contributed by atoms with Crippen LogP contribution in [-0.2, 0) is 14.6 Å². The number of amides is 3. The predicted molar refractivity (Wildman–Crippen MR) is 141 cm³/mol. The summed E-state index contributed by atoms with van der Waals surface area (Å²) in [6.45, 7) is 5.37. The smallest absolute Gasteiger partial charge is 0.407 e. The average molecular weight is 562 g/mol. The molecule has 202 valence electrons. The summed E-state index contributed by atoms with van der Waals surface area (Å²) in [7, 11) is -4.64. The molecule has 38 heavy (non-hydrogen) atoms. The molecule has 0 bridgehead atoms. The Balaban J connectivity index is 1.55. The van der Waals surface area contributed by atoms with Crippen LogP contribution in [-0.4, -0.2) is 59.9 Å². The van der Waals surface area contributed by atoms with Crippen LogP contribution in [0.3, 0.4) is 0 Å². The third-order valence-corrected chi connectivity index (χ3v) is 9.13. The number of unbranched alkanes of at least 4 members (excludes halogenated alkanes) is 1. The minimum Gasteiger partial charge on any atom is -0.444 e. The van der Waals surface area contributed by atoms with Crippen LogP contribution in [0.4, 0.5) is 9.18 Å². The number of alkyl carbamates (subject to hydrolysis) is 1. The zero-order valence-electron chi connectivity index (χ0n) is 21.1. The Hall–Kier alpha value is -3.38. The number of benzene rings is 2. The lowest BCUT2D eigenvalue weighted by molar-refractivity contribution is 0.0524. The molecule has 0 saturated heterocycles. The molecule has 2 aromatic carbocycles. The van der Waals surface area contributed by atoms with Gasteiger partial charge in [0.2, 0.25) is 19.7 Å². The predicted octanol–water partition coefficient (Wildman–Crippen LogP) is 4.73. The normalized spacial score (nSPS) is 15.4. The van der Waals surface area contributed by atoms with Gasteiger partial charge < -0.3 is 10.1 Å². The van der Waals surface area contributed by atoms with Crippen LogP contribution in [0.2, 0.25) is 0 Å². The number of nitrogens with one attached hydrogen (secondary N) is 1. The van der Waals surface area contributed by atoms with Gasteiger partial charge in [-0.05, 0) is 64.3 Å². The number of sulfone groups is 1. The van der Waals surface area contributed by atoms with Crippen LogP contribution in [0.25, 0.3) is 10.2 Å². The van der Waals surface area contributed by atoms with Gasteiger partial charge in [-0.1, -0.05) is 24.3 Å². The lowest BCUT2D eigenvalue weighted by Gasteiger charge is -2.28. The lowest BCUT2D eigenvalue weighted by atomic mass is 10.1. The van der Waals surface area contributed by atoms with Crippen molar-refractivity contribution in [3.05, 3.63) is 59.7 Å². The Morgan fingerprint density at radius 3 is 2.26 bits per heavy atom. The van der Waals surface area contributed by atoms with Crippen LogP contribution >= 0.6 is 11.3 Å². The topological polar surface area (TPSA) is 123 Å². The molecule has 2 heterocycles. The zero-order chi connectivity index (χ0) is 27.7. The van der Waals surface area contributed by atoms with Crippen molar-refractivity contribution in [1.82, 2.24) is 15.2 Å². The second-order valence-corrected chi connectivity index (χ2v) is 13.1. The van der Waals surface area contributed by atoms with E-state index in [0.29, 0.717) is 21.5 Å². The Labute approximate surface area is 223 Å². The first-order valence-corrected chi connectivity index (χ1v) is 14.4. The van der Waals surface area contributed by atoms with Crippen LogP contribution in [0.15, 0.2) is 52.9 Å². The summed E-state index contributed by atoms with van der Waals surface area (Å²) in [5.41, 5.74) is -2.66. The van der Waals surface area contributed by atoms with E-state index in [9.17, 15) is 22.8 Å². The first-order chi connectivity index (χ1) is 17.9. The molecule has 0 aliphatic carbocycles. The van der Waals surface area contributed by atoms with Crippen molar-refractivity contribution >= 4 is 49.3 Å². The average Bonchev–Trinajstić information content (AvgIpc) is 3.40. The van der Waals surface area contributed by atoms with Gasteiger partial charge in [0.05, 0.1) is 27.4 Å². The number of imide groups is 1. The molecule has 0 saturated carbocycles. The summed E-state index contributed by atoms with van der Waals surface area (Å²) in [4.78, 5) is 42.9. The summed E-state index contributed by atoms with van der Waals surface area (Å²) >= 11 is 0.832. The van der Waals surface area contributed by atoms with Crippen molar-refractivity contribution in [2.24, 2.45) is 0 Å². The van der Waals surface area contributed by atoms with Crippen molar-refractivity contribution in [3.8, 4) is 0 Å². The highest BCUT2D eigenvalue weighted by Gasteiger charge is 2.47. The van der Waals surface area contributed by atoms with Crippen molar-refractivity contribution in [3.63, 3.8) is 0 Å². The monoisotopic (exact) mass is 561 g/mol. The molecule has 3 amide bonds. The molecule has 0 spiro atoms. The van der Waals surface area contributed by atoms with Crippen molar-refractivity contribution in [1.29, 1.82) is 0 Å². The first kappa shape index (κ1) is 27.6. The Bertz CT molecular complexity index is 1410. The Morgan fingerprint density at radius 2 is 1.66 bits per heavy atom. The number of thiazole rings is 1. The number of ether oxygens (including phenoxy) is 1. The molecule has 3 aromatic rings. The molecule has 9 nitrogen and oxygen atoms in total. The van der Waals surface area contributed by atoms with E-state index in [0.717, 1.165) is 11.3 Å². The minimum atomic E-state index is -4.64. The summed E-state index contributed by atoms with van der Waals surface area (Å²) in [6.07, 6.45) is -0.181. The van der Waals surface area contributed by atoms with Gasteiger partial charge in [-0.3, -0.25) is 14.5 Å². The minimum absolute atomic E-state index is 0.0960.